The van der Waals surface area contributed by atoms with Gasteiger partial charge in [0.1, 0.15) is 17.5 Å². The van der Waals surface area contributed by atoms with Crippen LogP contribution in [0.25, 0.3) is 16.5 Å². The van der Waals surface area contributed by atoms with Crippen molar-refractivity contribution in [2.24, 2.45) is 0 Å². The lowest BCUT2D eigenvalue weighted by Gasteiger charge is -2.30. The maximum atomic E-state index is 13.5. The van der Waals surface area contributed by atoms with E-state index in [1.807, 2.05) is 41.3 Å². The second kappa shape index (κ2) is 7.47. The van der Waals surface area contributed by atoms with Crippen molar-refractivity contribution in [3.05, 3.63) is 70.5 Å². The van der Waals surface area contributed by atoms with Crippen LogP contribution in [-0.4, -0.2) is 42.6 Å². The number of nitriles is 1. The topological polar surface area (TPSA) is 118 Å². The van der Waals surface area contributed by atoms with E-state index >= 15 is 0 Å². The number of aromatic hydroxyl groups is 1. The van der Waals surface area contributed by atoms with Crippen molar-refractivity contribution in [1.29, 1.82) is 5.26 Å². The third-order valence-corrected chi connectivity index (χ3v) is 7.40. The van der Waals surface area contributed by atoms with Crippen LogP contribution in [0.5, 0.6) is 17.4 Å². The summed E-state index contributed by atoms with van der Waals surface area (Å²) in [5.41, 5.74) is 1.66. The fraction of sp³-hybridized carbons (Fsp3) is 0.200. The molecule has 2 bridgehead atoms. The molecule has 0 saturated carbocycles. The van der Waals surface area contributed by atoms with Gasteiger partial charge >= 0.3 is 5.69 Å². The Morgan fingerprint density at radius 2 is 2.00 bits per heavy atom. The quantitative estimate of drug-likeness (QED) is 0.402. The highest BCUT2D eigenvalue weighted by molar-refractivity contribution is 7.80. The van der Waals surface area contributed by atoms with Gasteiger partial charge in [0.15, 0.2) is 16.6 Å². The van der Waals surface area contributed by atoms with E-state index in [4.69, 9.17) is 21.7 Å². The summed E-state index contributed by atoms with van der Waals surface area (Å²) in [4.78, 5) is 19.8. The van der Waals surface area contributed by atoms with Crippen LogP contribution in [0.15, 0.2) is 53.5 Å². The van der Waals surface area contributed by atoms with Crippen molar-refractivity contribution in [1.82, 2.24) is 19.0 Å². The van der Waals surface area contributed by atoms with Gasteiger partial charge in [-0.2, -0.15) is 5.26 Å². The smallest absolute Gasteiger partial charge is 0.336 e. The van der Waals surface area contributed by atoms with E-state index in [-0.39, 0.29) is 36.1 Å². The van der Waals surface area contributed by atoms with E-state index in [2.05, 4.69) is 16.4 Å². The van der Waals surface area contributed by atoms with E-state index in [1.165, 1.54) is 10.8 Å². The maximum Gasteiger partial charge on any atom is 0.336 e. The normalized spacial score (nSPS) is 18.9. The van der Waals surface area contributed by atoms with Crippen molar-refractivity contribution >= 4 is 33.8 Å². The van der Waals surface area contributed by atoms with Crippen LogP contribution in [0, 0.1) is 11.3 Å². The molecule has 36 heavy (non-hydrogen) atoms. The number of aromatic nitrogens is 3. The second-order valence-corrected chi connectivity index (χ2v) is 9.29. The highest BCUT2D eigenvalue weighted by Crippen LogP contribution is 2.49. The van der Waals surface area contributed by atoms with E-state index in [9.17, 15) is 15.2 Å². The molecule has 3 aliphatic rings. The van der Waals surface area contributed by atoms with Crippen LogP contribution in [0.1, 0.15) is 29.9 Å². The SMILES string of the molecule is N#Cc1ncc(-n2c(O)c3n(c2=O)C2CC3N(C(=S)Nc3ccc4c(c3)OCO4)C2)c2ccccc12. The Hall–Kier alpha value is -4.56. The third kappa shape index (κ3) is 2.79. The molecule has 0 radical (unpaired) electrons. The number of pyridine rings is 1. The molecule has 4 aromatic rings. The third-order valence-electron chi connectivity index (χ3n) is 7.06. The Morgan fingerprint density at radius 1 is 1.19 bits per heavy atom. The van der Waals surface area contributed by atoms with Gasteiger partial charge in [0.2, 0.25) is 12.7 Å². The van der Waals surface area contributed by atoms with Crippen LogP contribution < -0.4 is 20.5 Å². The average molecular weight is 499 g/mol. The molecule has 0 amide bonds. The zero-order chi connectivity index (χ0) is 24.6. The molecule has 178 valence electrons. The molecule has 1 fully saturated rings. The van der Waals surface area contributed by atoms with Gasteiger partial charge in [-0.05, 0) is 30.8 Å². The summed E-state index contributed by atoms with van der Waals surface area (Å²) in [6.45, 7) is 0.737. The molecule has 2 atom stereocenters. The van der Waals surface area contributed by atoms with Crippen LogP contribution >= 0.6 is 12.2 Å². The van der Waals surface area contributed by atoms with Crippen LogP contribution in [0.2, 0.25) is 0 Å². The Labute approximate surface area is 209 Å². The number of rotatable bonds is 2. The van der Waals surface area contributed by atoms with Gasteiger partial charge in [-0.25, -0.2) is 14.3 Å². The van der Waals surface area contributed by atoms with Crippen molar-refractivity contribution in [3.63, 3.8) is 0 Å². The molecular formula is C25H18N6O4S. The monoisotopic (exact) mass is 498 g/mol. The molecule has 3 aliphatic heterocycles. The van der Waals surface area contributed by atoms with Crippen molar-refractivity contribution in [3.8, 4) is 29.1 Å². The minimum atomic E-state index is -0.332. The number of likely N-dealkylation sites (tertiary alicyclic amines) is 1. The largest absolute Gasteiger partial charge is 0.493 e. The van der Waals surface area contributed by atoms with Gasteiger partial charge in [0, 0.05) is 29.1 Å². The zero-order valence-electron chi connectivity index (χ0n) is 18.7. The van der Waals surface area contributed by atoms with E-state index < -0.39 is 0 Å². The fourth-order valence-electron chi connectivity index (χ4n) is 5.50. The predicted octanol–water partition coefficient (Wildman–Crippen LogP) is 3.19. The lowest BCUT2D eigenvalue weighted by molar-refractivity contribution is 0.174. The lowest BCUT2D eigenvalue weighted by Crippen LogP contribution is -2.39. The van der Waals surface area contributed by atoms with Crippen molar-refractivity contribution in [2.45, 2.75) is 18.5 Å². The summed E-state index contributed by atoms with van der Waals surface area (Å²) >= 11 is 5.71. The first-order valence-corrected chi connectivity index (χ1v) is 11.8. The first-order valence-electron chi connectivity index (χ1n) is 11.4. The van der Waals surface area contributed by atoms with Crippen LogP contribution in [0.3, 0.4) is 0 Å². The van der Waals surface area contributed by atoms with Crippen LogP contribution in [0.4, 0.5) is 5.69 Å². The molecular weight excluding hydrogens is 480 g/mol. The fourth-order valence-corrected chi connectivity index (χ4v) is 5.82. The molecule has 7 rings (SSSR count). The number of fused-ring (bicyclic) bond motifs is 7. The Balaban J connectivity index is 1.26. The molecule has 1 saturated heterocycles. The standard InChI is InChI=1S/C25H18N6O4S/c26-9-17-15-3-1-2-4-16(15)19(10-27-17)31-23(32)22-18-8-14(30(22)25(31)33)11-29(18)24(36)28-13-5-6-20-21(7-13)35-12-34-20/h1-7,10,14,18,32H,8,11-12H2,(H,28,36). The summed E-state index contributed by atoms with van der Waals surface area (Å²) < 4.78 is 13.7. The molecule has 2 unspecified atom stereocenters. The minimum absolute atomic E-state index is 0.126. The summed E-state index contributed by atoms with van der Waals surface area (Å²) in [5, 5.41) is 25.8. The van der Waals surface area contributed by atoms with Crippen LogP contribution in [-0.2, 0) is 0 Å². The molecule has 0 aliphatic carbocycles. The molecule has 2 aromatic heterocycles. The Bertz CT molecular complexity index is 1700. The van der Waals surface area contributed by atoms with Gasteiger partial charge in [-0.3, -0.25) is 4.57 Å². The number of imidazole rings is 1. The first kappa shape index (κ1) is 20.8. The second-order valence-electron chi connectivity index (χ2n) is 8.90. The van der Waals surface area contributed by atoms with Gasteiger partial charge < -0.3 is 24.8 Å². The molecule has 10 nitrogen and oxygen atoms in total. The van der Waals surface area contributed by atoms with Gasteiger partial charge in [0.05, 0.1) is 24.0 Å². The number of thiocarbonyl (C=S) groups is 1. The number of anilines is 1. The van der Waals surface area contributed by atoms with Crippen molar-refractivity contribution < 1.29 is 14.6 Å². The molecule has 2 aromatic carbocycles. The van der Waals surface area contributed by atoms with Gasteiger partial charge in [0.25, 0.3) is 0 Å². The lowest BCUT2D eigenvalue weighted by atomic mass is 10.1. The van der Waals surface area contributed by atoms with Gasteiger partial charge in [-0.15, -0.1) is 0 Å². The Kier molecular flexibility index (Phi) is 4.31. The Morgan fingerprint density at radius 3 is 2.83 bits per heavy atom. The van der Waals surface area contributed by atoms with E-state index in [0.717, 1.165) is 5.69 Å². The average Bonchev–Trinajstić information content (AvgIpc) is 3.66. The molecule has 11 heteroatoms. The number of nitrogens with zero attached hydrogens (tertiary/aromatic N) is 5. The first-order chi connectivity index (χ1) is 17.5. The predicted molar refractivity (Wildman–Crippen MR) is 134 cm³/mol. The molecule has 5 heterocycles. The number of benzene rings is 2. The zero-order valence-corrected chi connectivity index (χ0v) is 19.5. The highest BCUT2D eigenvalue weighted by atomic mass is 32.1. The molecule has 2 N–H and O–H groups in total. The minimum Gasteiger partial charge on any atom is -0.493 e. The maximum absolute atomic E-state index is 13.5. The number of nitrogens with one attached hydrogen (secondary N) is 1. The van der Waals surface area contributed by atoms with Gasteiger partial charge in [-0.1, -0.05) is 24.3 Å². The summed E-state index contributed by atoms with van der Waals surface area (Å²) in [6, 6.07) is 14.4. The number of hydrogen-bond acceptors (Lipinski definition) is 7. The van der Waals surface area contributed by atoms with E-state index in [1.54, 1.807) is 10.6 Å². The number of hydrogen-bond donors (Lipinski definition) is 2. The summed E-state index contributed by atoms with van der Waals surface area (Å²) in [6.07, 6.45) is 2.14. The van der Waals surface area contributed by atoms with Crippen molar-refractivity contribution in [2.75, 3.05) is 18.7 Å². The summed E-state index contributed by atoms with van der Waals surface area (Å²) in [7, 11) is 0. The molecule has 0 spiro atoms. The van der Waals surface area contributed by atoms with E-state index in [0.29, 0.717) is 51.7 Å². The number of ether oxygens (including phenoxy) is 2. The summed E-state index contributed by atoms with van der Waals surface area (Å²) in [5.74, 6) is 1.20. The highest BCUT2D eigenvalue weighted by Gasteiger charge is 2.48.